The van der Waals surface area contributed by atoms with Gasteiger partial charge in [0.05, 0.1) is 12.7 Å². The summed E-state index contributed by atoms with van der Waals surface area (Å²) in [6.45, 7) is 0. The van der Waals surface area contributed by atoms with E-state index in [4.69, 9.17) is 4.74 Å². The number of nitrogens with one attached hydrogen (secondary N) is 1. The number of phenolic OH excluding ortho intramolecular Hbond substituents is 1. The second-order valence-electron chi connectivity index (χ2n) is 4.08. The molecule has 2 aromatic rings. The van der Waals surface area contributed by atoms with Crippen LogP contribution in [0.5, 0.6) is 11.5 Å². The van der Waals surface area contributed by atoms with Gasteiger partial charge in [0.15, 0.2) is 0 Å². The maximum Gasteiger partial charge on any atom is 0.259 e. The van der Waals surface area contributed by atoms with Crippen molar-refractivity contribution in [3.63, 3.8) is 0 Å². The van der Waals surface area contributed by atoms with E-state index in [0.29, 0.717) is 23.3 Å². The molecule has 102 valence electrons. The van der Waals surface area contributed by atoms with Crippen LogP contribution in [0.2, 0.25) is 0 Å². The lowest BCUT2D eigenvalue weighted by Gasteiger charge is -2.08. The minimum Gasteiger partial charge on any atom is -0.507 e. The van der Waals surface area contributed by atoms with Crippen molar-refractivity contribution in [3.05, 3.63) is 53.6 Å². The molecule has 0 aromatic heterocycles. The first-order valence-corrected chi connectivity index (χ1v) is 5.87. The molecule has 0 saturated carbocycles. The molecule has 0 aliphatic rings. The van der Waals surface area contributed by atoms with E-state index < -0.39 is 5.91 Å². The van der Waals surface area contributed by atoms with Crippen molar-refractivity contribution in [2.75, 3.05) is 12.4 Å². The molecule has 0 radical (unpaired) electrons. The second kappa shape index (κ2) is 5.88. The molecule has 2 N–H and O–H groups in total. The van der Waals surface area contributed by atoms with E-state index in [-0.39, 0.29) is 11.3 Å². The fourth-order valence-electron chi connectivity index (χ4n) is 1.72. The molecule has 20 heavy (non-hydrogen) atoms. The first-order chi connectivity index (χ1) is 9.63. The summed E-state index contributed by atoms with van der Waals surface area (Å²) in [5.41, 5.74) is 1.07. The average Bonchev–Trinajstić information content (AvgIpc) is 2.47. The van der Waals surface area contributed by atoms with E-state index in [0.717, 1.165) is 0 Å². The van der Waals surface area contributed by atoms with Gasteiger partial charge in [-0.05, 0) is 24.3 Å². The Hall–Kier alpha value is -2.82. The standard InChI is InChI=1S/C15H13NO4/c1-20-12-5-6-13(14(18)8-12)15(19)16-11-4-2-3-10(7-11)9-17/h2-9,18H,1H3,(H,16,19). The molecule has 0 fully saturated rings. The molecule has 0 atom stereocenters. The summed E-state index contributed by atoms with van der Waals surface area (Å²) in [5.74, 6) is -0.177. The van der Waals surface area contributed by atoms with E-state index in [9.17, 15) is 14.7 Å². The summed E-state index contributed by atoms with van der Waals surface area (Å²) in [4.78, 5) is 22.7. The summed E-state index contributed by atoms with van der Waals surface area (Å²) >= 11 is 0. The lowest BCUT2D eigenvalue weighted by atomic mass is 10.1. The maximum absolute atomic E-state index is 12.0. The highest BCUT2D eigenvalue weighted by Gasteiger charge is 2.12. The molecule has 0 bridgehead atoms. The number of carbonyl (C=O) groups excluding carboxylic acids is 2. The molecule has 1 amide bonds. The Morgan fingerprint density at radius 3 is 2.70 bits per heavy atom. The van der Waals surface area contributed by atoms with Crippen molar-refractivity contribution in [1.29, 1.82) is 0 Å². The van der Waals surface area contributed by atoms with Crippen LogP contribution in [0.4, 0.5) is 5.69 Å². The number of rotatable bonds is 4. The number of amides is 1. The normalized spacial score (nSPS) is 9.85. The number of phenols is 1. The SMILES string of the molecule is COc1ccc(C(=O)Nc2cccc(C=O)c2)c(O)c1. The molecule has 0 aliphatic heterocycles. The van der Waals surface area contributed by atoms with Gasteiger partial charge in [-0.1, -0.05) is 12.1 Å². The third-order valence-electron chi connectivity index (χ3n) is 2.73. The van der Waals surface area contributed by atoms with Gasteiger partial charge in [-0.25, -0.2) is 0 Å². The van der Waals surface area contributed by atoms with Gasteiger partial charge < -0.3 is 15.2 Å². The van der Waals surface area contributed by atoms with Gasteiger partial charge in [-0.15, -0.1) is 0 Å². The first kappa shape index (κ1) is 13.6. The molecular formula is C15H13NO4. The number of carbonyl (C=O) groups is 2. The Morgan fingerprint density at radius 1 is 1.25 bits per heavy atom. The third kappa shape index (κ3) is 2.95. The monoisotopic (exact) mass is 271 g/mol. The lowest BCUT2D eigenvalue weighted by molar-refractivity contribution is 0.102. The van der Waals surface area contributed by atoms with Crippen LogP contribution in [0.3, 0.4) is 0 Å². The lowest BCUT2D eigenvalue weighted by Crippen LogP contribution is -2.12. The highest BCUT2D eigenvalue weighted by molar-refractivity contribution is 6.06. The number of anilines is 1. The third-order valence-corrected chi connectivity index (χ3v) is 2.73. The molecule has 2 aromatic carbocycles. The zero-order valence-corrected chi connectivity index (χ0v) is 10.8. The topological polar surface area (TPSA) is 75.6 Å². The molecule has 5 heteroatoms. The van der Waals surface area contributed by atoms with Crippen molar-refractivity contribution in [3.8, 4) is 11.5 Å². The average molecular weight is 271 g/mol. The summed E-state index contributed by atoms with van der Waals surface area (Å²) in [6, 6.07) is 10.9. The summed E-state index contributed by atoms with van der Waals surface area (Å²) in [6.07, 6.45) is 0.695. The van der Waals surface area contributed by atoms with Crippen molar-refractivity contribution in [2.24, 2.45) is 0 Å². The molecule has 0 unspecified atom stereocenters. The zero-order chi connectivity index (χ0) is 14.5. The van der Waals surface area contributed by atoms with Crippen molar-refractivity contribution in [1.82, 2.24) is 0 Å². The fraction of sp³-hybridized carbons (Fsp3) is 0.0667. The van der Waals surface area contributed by atoms with Crippen molar-refractivity contribution in [2.45, 2.75) is 0 Å². The van der Waals surface area contributed by atoms with Gasteiger partial charge in [-0.2, -0.15) is 0 Å². The Balaban J connectivity index is 2.21. The van der Waals surface area contributed by atoms with Gasteiger partial charge in [0.1, 0.15) is 17.8 Å². The smallest absolute Gasteiger partial charge is 0.259 e. The molecule has 0 aliphatic carbocycles. The van der Waals surface area contributed by atoms with Gasteiger partial charge in [0, 0.05) is 17.3 Å². The Morgan fingerprint density at radius 2 is 2.05 bits per heavy atom. The van der Waals surface area contributed by atoms with Crippen LogP contribution in [-0.2, 0) is 0 Å². The number of methoxy groups -OCH3 is 1. The van der Waals surface area contributed by atoms with E-state index in [1.807, 2.05) is 0 Å². The zero-order valence-electron chi connectivity index (χ0n) is 10.8. The fourth-order valence-corrected chi connectivity index (χ4v) is 1.72. The Kier molecular flexibility index (Phi) is 4.00. The van der Waals surface area contributed by atoms with Crippen molar-refractivity contribution >= 4 is 17.9 Å². The van der Waals surface area contributed by atoms with Gasteiger partial charge in [-0.3, -0.25) is 9.59 Å². The quantitative estimate of drug-likeness (QED) is 0.837. The Bertz CT molecular complexity index is 652. The number of hydrogen-bond donors (Lipinski definition) is 2. The van der Waals surface area contributed by atoms with Crippen LogP contribution in [-0.4, -0.2) is 24.4 Å². The predicted octanol–water partition coefficient (Wildman–Crippen LogP) is 2.47. The van der Waals surface area contributed by atoms with E-state index >= 15 is 0 Å². The van der Waals surface area contributed by atoms with E-state index in [2.05, 4.69) is 5.32 Å². The molecular weight excluding hydrogens is 258 g/mol. The minimum absolute atomic E-state index is 0.127. The highest BCUT2D eigenvalue weighted by Crippen LogP contribution is 2.24. The maximum atomic E-state index is 12.0. The largest absolute Gasteiger partial charge is 0.507 e. The van der Waals surface area contributed by atoms with Crippen LogP contribution in [0, 0.1) is 0 Å². The second-order valence-corrected chi connectivity index (χ2v) is 4.08. The van der Waals surface area contributed by atoms with E-state index in [1.54, 1.807) is 30.3 Å². The predicted molar refractivity (Wildman–Crippen MR) is 74.4 cm³/mol. The van der Waals surface area contributed by atoms with Gasteiger partial charge >= 0.3 is 0 Å². The van der Waals surface area contributed by atoms with Crippen LogP contribution >= 0.6 is 0 Å². The minimum atomic E-state index is -0.465. The van der Waals surface area contributed by atoms with Gasteiger partial charge in [0.2, 0.25) is 0 Å². The molecule has 0 saturated heterocycles. The molecule has 0 heterocycles. The Labute approximate surface area is 115 Å². The number of benzene rings is 2. The molecule has 0 spiro atoms. The number of hydrogen-bond acceptors (Lipinski definition) is 4. The first-order valence-electron chi connectivity index (χ1n) is 5.87. The number of aromatic hydroxyl groups is 1. The molecule has 2 rings (SSSR count). The van der Waals surface area contributed by atoms with Crippen LogP contribution < -0.4 is 10.1 Å². The summed E-state index contributed by atoms with van der Waals surface area (Å²) < 4.78 is 4.95. The van der Waals surface area contributed by atoms with Crippen LogP contribution in [0.1, 0.15) is 20.7 Å². The highest BCUT2D eigenvalue weighted by atomic mass is 16.5. The molecule has 5 nitrogen and oxygen atoms in total. The summed E-state index contributed by atoms with van der Waals surface area (Å²) in [5, 5.41) is 12.4. The van der Waals surface area contributed by atoms with Gasteiger partial charge in [0.25, 0.3) is 5.91 Å². The van der Waals surface area contributed by atoms with Crippen molar-refractivity contribution < 1.29 is 19.4 Å². The summed E-state index contributed by atoms with van der Waals surface area (Å²) in [7, 11) is 1.47. The number of aldehydes is 1. The van der Waals surface area contributed by atoms with Crippen LogP contribution in [0.15, 0.2) is 42.5 Å². The van der Waals surface area contributed by atoms with Crippen LogP contribution in [0.25, 0.3) is 0 Å². The number of ether oxygens (including phenoxy) is 1. The van der Waals surface area contributed by atoms with E-state index in [1.165, 1.54) is 19.2 Å².